The minimum atomic E-state index is -0.457. The van der Waals surface area contributed by atoms with Crippen molar-refractivity contribution in [2.75, 3.05) is 26.7 Å². The maximum absolute atomic E-state index is 13.7. The molecule has 0 saturated carbocycles. The van der Waals surface area contributed by atoms with Crippen LogP contribution in [-0.4, -0.2) is 91.9 Å². The van der Waals surface area contributed by atoms with E-state index in [0.29, 0.717) is 49.6 Å². The molecule has 1 amide bonds. The number of hydrogen-bond acceptors (Lipinski definition) is 10. The zero-order valence-corrected chi connectivity index (χ0v) is 26.6. The lowest BCUT2D eigenvalue weighted by Crippen LogP contribution is -2.52. The predicted molar refractivity (Wildman–Crippen MR) is 173 cm³/mol. The Kier molecular flexibility index (Phi) is 7.26. The summed E-state index contributed by atoms with van der Waals surface area (Å²) in [6.07, 6.45) is 9.24. The maximum Gasteiger partial charge on any atom is 0.270 e. The van der Waals surface area contributed by atoms with E-state index in [1.54, 1.807) is 10.9 Å². The number of rotatable bonds is 6. The highest BCUT2D eigenvalue weighted by Gasteiger charge is 2.46. The fourth-order valence-corrected chi connectivity index (χ4v) is 7.20. The van der Waals surface area contributed by atoms with Crippen LogP contribution in [0.5, 0.6) is 0 Å². The molecule has 1 saturated heterocycles. The number of ketones is 1. The molecule has 7 heterocycles. The molecular formula is C33H40N10O2. The number of pyridine rings is 1. The smallest absolute Gasteiger partial charge is 0.270 e. The van der Waals surface area contributed by atoms with Crippen molar-refractivity contribution in [2.45, 2.75) is 58.9 Å². The Hall–Kier alpha value is -4.45. The molecule has 2 aromatic heterocycles. The van der Waals surface area contributed by atoms with Gasteiger partial charge in [-0.1, -0.05) is 26.8 Å². The molecule has 5 aliphatic heterocycles. The van der Waals surface area contributed by atoms with Crippen LogP contribution in [0, 0.1) is 11.3 Å². The van der Waals surface area contributed by atoms with E-state index >= 15 is 0 Å². The normalized spacial score (nSPS) is 23.7. The molecule has 0 spiro atoms. The number of aromatic nitrogens is 3. The topological polar surface area (TPSA) is 124 Å². The summed E-state index contributed by atoms with van der Waals surface area (Å²) >= 11 is 0. The van der Waals surface area contributed by atoms with Crippen LogP contribution in [0.2, 0.25) is 0 Å². The fourth-order valence-electron chi connectivity index (χ4n) is 7.20. The highest BCUT2D eigenvalue weighted by Crippen LogP contribution is 2.43. The van der Waals surface area contributed by atoms with Crippen LogP contribution in [0.1, 0.15) is 58.4 Å². The molecule has 45 heavy (non-hydrogen) atoms. The zero-order chi connectivity index (χ0) is 31.5. The van der Waals surface area contributed by atoms with Gasteiger partial charge in [0, 0.05) is 93.0 Å². The van der Waals surface area contributed by atoms with Crippen molar-refractivity contribution < 1.29 is 9.59 Å². The SMILES string of the molecule is CC1CC=NN=C1C(=O)N1CCCC1CC(C)(C)C1=C2C(=O)CCN=C2N2C(=C(c3ccc(-c4ccn(C)n4)nc3)CN2C)N1. The molecule has 234 valence electrons. The number of nitrogens with zero attached hydrogens (tertiary/aromatic N) is 9. The number of amidine groups is 1. The Morgan fingerprint density at radius 3 is 2.73 bits per heavy atom. The van der Waals surface area contributed by atoms with Gasteiger partial charge >= 0.3 is 0 Å². The molecule has 1 fully saturated rings. The average Bonchev–Trinajstić information content (AvgIpc) is 3.75. The summed E-state index contributed by atoms with van der Waals surface area (Å²) in [6, 6.07) is 6.06. The van der Waals surface area contributed by atoms with Crippen LogP contribution in [0.4, 0.5) is 0 Å². The number of fused-ring (bicyclic) bond motifs is 3. The van der Waals surface area contributed by atoms with E-state index in [4.69, 9.17) is 9.98 Å². The minimum Gasteiger partial charge on any atom is -0.342 e. The molecule has 12 nitrogen and oxygen atoms in total. The van der Waals surface area contributed by atoms with Crippen molar-refractivity contribution in [3.63, 3.8) is 0 Å². The lowest BCUT2D eigenvalue weighted by Gasteiger charge is -2.43. The molecule has 1 N–H and O–H groups in total. The highest BCUT2D eigenvalue weighted by molar-refractivity contribution is 6.40. The van der Waals surface area contributed by atoms with Crippen molar-refractivity contribution in [2.24, 2.45) is 33.6 Å². The summed E-state index contributed by atoms with van der Waals surface area (Å²) in [4.78, 5) is 38.9. The van der Waals surface area contributed by atoms with Gasteiger partial charge < -0.3 is 10.2 Å². The number of carbonyl (C=O) groups is 2. The summed E-state index contributed by atoms with van der Waals surface area (Å²) < 4.78 is 1.77. The van der Waals surface area contributed by atoms with Crippen LogP contribution in [-0.2, 0) is 16.6 Å². The number of Topliss-reactive ketones (excluding diaryl/α,β-unsaturated/α-hetero) is 1. The summed E-state index contributed by atoms with van der Waals surface area (Å²) in [5.74, 6) is 1.73. The maximum atomic E-state index is 13.7. The first-order valence-electron chi connectivity index (χ1n) is 15.8. The standard InChI is InChI=1S/C33H40N10O2/c1-20-10-14-36-38-28(20)32(45)42-15-6-7-22(42)17-33(2,3)29-27-26(44)11-13-34-31(27)43-30(37-29)23(19-41(43)5)21-8-9-24(35-18-21)25-12-16-40(4)39-25/h8-9,12,14,16,18,20,22,37H,6-7,10-11,13,15,17,19H2,1-5H3. The number of aliphatic imine (C=N–C) groups is 1. The number of likely N-dealkylation sites (tertiary alicyclic amines) is 1. The first-order chi connectivity index (χ1) is 21.6. The largest absolute Gasteiger partial charge is 0.342 e. The molecule has 0 radical (unpaired) electrons. The lowest BCUT2D eigenvalue weighted by atomic mass is 9.77. The molecule has 2 unspecified atom stereocenters. The number of carbonyl (C=O) groups excluding carboxylic acids is 2. The number of nitrogens with one attached hydrogen (secondary N) is 1. The van der Waals surface area contributed by atoms with Gasteiger partial charge in [0.05, 0.1) is 11.3 Å². The van der Waals surface area contributed by atoms with Gasteiger partial charge in [0.15, 0.2) is 11.6 Å². The van der Waals surface area contributed by atoms with Crippen LogP contribution in [0.3, 0.4) is 0 Å². The molecule has 0 aliphatic carbocycles. The van der Waals surface area contributed by atoms with Crippen LogP contribution < -0.4 is 5.32 Å². The van der Waals surface area contributed by atoms with E-state index in [1.165, 1.54) is 0 Å². The second-order valence-corrected chi connectivity index (χ2v) is 13.3. The van der Waals surface area contributed by atoms with Crippen molar-refractivity contribution in [3.05, 3.63) is 53.2 Å². The van der Waals surface area contributed by atoms with E-state index in [1.807, 2.05) is 55.5 Å². The number of amides is 1. The van der Waals surface area contributed by atoms with E-state index in [2.05, 4.69) is 45.5 Å². The first-order valence-corrected chi connectivity index (χ1v) is 15.8. The van der Waals surface area contributed by atoms with E-state index in [0.717, 1.165) is 53.3 Å². The van der Waals surface area contributed by atoms with Gasteiger partial charge in [0.1, 0.15) is 17.2 Å². The van der Waals surface area contributed by atoms with Crippen molar-refractivity contribution in [3.8, 4) is 11.4 Å². The molecule has 5 aliphatic rings. The average molecular weight is 609 g/mol. The lowest BCUT2D eigenvalue weighted by molar-refractivity contribution is -0.125. The second-order valence-electron chi connectivity index (χ2n) is 13.3. The third-order valence-corrected chi connectivity index (χ3v) is 9.56. The Labute approximate surface area is 263 Å². The summed E-state index contributed by atoms with van der Waals surface area (Å²) in [5, 5.41) is 20.7. The number of aryl methyl sites for hydroxylation is 1. The number of allylic oxidation sites excluding steroid dienone is 1. The van der Waals surface area contributed by atoms with Crippen LogP contribution in [0.25, 0.3) is 17.0 Å². The summed E-state index contributed by atoms with van der Waals surface area (Å²) in [5.41, 5.74) is 5.32. The summed E-state index contributed by atoms with van der Waals surface area (Å²) in [7, 11) is 3.91. The molecule has 2 atom stereocenters. The minimum absolute atomic E-state index is 0.0156. The third kappa shape index (κ3) is 5.10. The van der Waals surface area contributed by atoms with Crippen molar-refractivity contribution >= 4 is 35.0 Å². The Morgan fingerprint density at radius 1 is 1.16 bits per heavy atom. The molecule has 7 rings (SSSR count). The Bertz CT molecular complexity index is 1710. The fraction of sp³-hybridized carbons (Fsp3) is 0.485. The molecule has 0 aromatic carbocycles. The monoisotopic (exact) mass is 608 g/mol. The number of hydrazine groups is 1. The van der Waals surface area contributed by atoms with Gasteiger partial charge in [-0.25, -0.2) is 10.0 Å². The highest BCUT2D eigenvalue weighted by atomic mass is 16.2. The van der Waals surface area contributed by atoms with E-state index < -0.39 is 5.41 Å². The zero-order valence-electron chi connectivity index (χ0n) is 26.6. The van der Waals surface area contributed by atoms with Crippen molar-refractivity contribution in [1.82, 2.24) is 35.0 Å². The molecule has 2 aromatic rings. The molecule has 12 heteroatoms. The second kappa shape index (κ2) is 11.2. The van der Waals surface area contributed by atoms with Gasteiger partial charge in [-0.05, 0) is 37.8 Å². The molecule has 0 bridgehead atoms. The third-order valence-electron chi connectivity index (χ3n) is 9.56. The molecular weight excluding hydrogens is 568 g/mol. The number of likely N-dealkylation sites (N-methyl/N-ethyl adjacent to an activating group) is 1. The van der Waals surface area contributed by atoms with Crippen LogP contribution in [0.15, 0.2) is 62.9 Å². The quantitative estimate of drug-likeness (QED) is 0.533. The van der Waals surface area contributed by atoms with E-state index in [-0.39, 0.29) is 23.7 Å². The number of hydrogen-bond donors (Lipinski definition) is 1. The van der Waals surface area contributed by atoms with Gasteiger partial charge in [-0.3, -0.25) is 24.2 Å². The Morgan fingerprint density at radius 2 is 2.00 bits per heavy atom. The van der Waals surface area contributed by atoms with Gasteiger partial charge in [0.2, 0.25) is 0 Å². The van der Waals surface area contributed by atoms with Gasteiger partial charge in [0.25, 0.3) is 5.91 Å². The summed E-state index contributed by atoms with van der Waals surface area (Å²) in [6.45, 7) is 8.18. The van der Waals surface area contributed by atoms with Gasteiger partial charge in [-0.15, -0.1) is 5.10 Å². The first kappa shape index (κ1) is 29.3. The van der Waals surface area contributed by atoms with Crippen molar-refractivity contribution in [1.29, 1.82) is 0 Å². The predicted octanol–water partition coefficient (Wildman–Crippen LogP) is 3.42. The van der Waals surface area contributed by atoms with Crippen LogP contribution >= 0.6 is 0 Å². The van der Waals surface area contributed by atoms with E-state index in [9.17, 15) is 9.59 Å². The Balaban J connectivity index is 1.23. The van der Waals surface area contributed by atoms with Gasteiger partial charge in [-0.2, -0.15) is 10.2 Å².